The minimum Gasteiger partial charge on any atom is -0.267 e. The van der Waals surface area contributed by atoms with Gasteiger partial charge in [0.1, 0.15) is 0 Å². The molecule has 1 N–H and O–H groups in total. The van der Waals surface area contributed by atoms with E-state index in [0.29, 0.717) is 5.56 Å². The van der Waals surface area contributed by atoms with Crippen molar-refractivity contribution in [3.63, 3.8) is 0 Å². The van der Waals surface area contributed by atoms with Crippen molar-refractivity contribution in [1.29, 1.82) is 0 Å². The van der Waals surface area contributed by atoms with Crippen LogP contribution >= 0.6 is 22.6 Å². The van der Waals surface area contributed by atoms with Gasteiger partial charge in [-0.3, -0.25) is 4.79 Å². The first kappa shape index (κ1) is 14.7. The molecule has 3 nitrogen and oxygen atoms in total. The third-order valence-corrected chi connectivity index (χ3v) is 3.93. The van der Waals surface area contributed by atoms with Crippen LogP contribution < -0.4 is 5.43 Å². The molecule has 3 aromatic rings. The summed E-state index contributed by atoms with van der Waals surface area (Å²) in [4.78, 5) is 12.3. The standard InChI is InChI=1S/C18H13IN2O/c19-15-8-3-5-13(11-15)12-20-21-18(22)17-10-4-7-14-6-1-2-9-16(14)17/h1-12H,(H,21,22). The van der Waals surface area contributed by atoms with Gasteiger partial charge in [0.25, 0.3) is 5.91 Å². The number of halogens is 1. The van der Waals surface area contributed by atoms with E-state index in [1.54, 1.807) is 12.3 Å². The predicted octanol–water partition coefficient (Wildman–Crippen LogP) is 4.21. The molecule has 0 aliphatic carbocycles. The van der Waals surface area contributed by atoms with Crippen LogP contribution in [-0.2, 0) is 0 Å². The summed E-state index contributed by atoms with van der Waals surface area (Å²) in [6.07, 6.45) is 1.64. The second-order valence-electron chi connectivity index (χ2n) is 4.78. The number of carbonyl (C=O) groups is 1. The SMILES string of the molecule is O=C(NN=Cc1cccc(I)c1)c1cccc2ccccc12. The molecule has 0 saturated carbocycles. The Bertz CT molecular complexity index is 853. The van der Waals surface area contributed by atoms with Gasteiger partial charge in [-0.25, -0.2) is 5.43 Å². The zero-order valence-electron chi connectivity index (χ0n) is 11.7. The fourth-order valence-electron chi connectivity index (χ4n) is 2.24. The summed E-state index contributed by atoms with van der Waals surface area (Å²) in [5.41, 5.74) is 4.16. The third kappa shape index (κ3) is 3.33. The number of nitrogens with one attached hydrogen (secondary N) is 1. The van der Waals surface area contributed by atoms with E-state index in [4.69, 9.17) is 0 Å². The van der Waals surface area contributed by atoms with E-state index in [1.807, 2.05) is 60.7 Å². The molecule has 3 aromatic carbocycles. The van der Waals surface area contributed by atoms with Crippen LogP contribution in [0.2, 0.25) is 0 Å². The van der Waals surface area contributed by atoms with Gasteiger partial charge in [-0.15, -0.1) is 0 Å². The highest BCUT2D eigenvalue weighted by molar-refractivity contribution is 14.1. The van der Waals surface area contributed by atoms with E-state index < -0.39 is 0 Å². The van der Waals surface area contributed by atoms with Gasteiger partial charge in [-0.1, -0.05) is 48.5 Å². The fourth-order valence-corrected chi connectivity index (χ4v) is 2.80. The summed E-state index contributed by atoms with van der Waals surface area (Å²) in [5, 5.41) is 6.00. The molecular weight excluding hydrogens is 387 g/mol. The van der Waals surface area contributed by atoms with E-state index in [-0.39, 0.29) is 5.91 Å². The van der Waals surface area contributed by atoms with Crippen molar-refractivity contribution >= 4 is 45.5 Å². The van der Waals surface area contributed by atoms with Gasteiger partial charge in [0.2, 0.25) is 0 Å². The van der Waals surface area contributed by atoms with Crippen LogP contribution in [0.5, 0.6) is 0 Å². The maximum absolute atomic E-state index is 12.3. The van der Waals surface area contributed by atoms with Crippen molar-refractivity contribution in [3.8, 4) is 0 Å². The maximum Gasteiger partial charge on any atom is 0.271 e. The minimum atomic E-state index is -0.210. The highest BCUT2D eigenvalue weighted by atomic mass is 127. The van der Waals surface area contributed by atoms with E-state index in [9.17, 15) is 4.79 Å². The first-order valence-corrected chi connectivity index (χ1v) is 7.89. The number of carbonyl (C=O) groups excluding carboxylic acids is 1. The van der Waals surface area contributed by atoms with Gasteiger partial charge in [0.05, 0.1) is 6.21 Å². The number of hydrazone groups is 1. The summed E-state index contributed by atoms with van der Waals surface area (Å²) < 4.78 is 1.13. The number of nitrogens with zero attached hydrogens (tertiary/aromatic N) is 1. The molecule has 0 bridgehead atoms. The van der Waals surface area contributed by atoms with Crippen molar-refractivity contribution in [3.05, 3.63) is 81.4 Å². The van der Waals surface area contributed by atoms with E-state index >= 15 is 0 Å². The van der Waals surface area contributed by atoms with Crippen molar-refractivity contribution in [1.82, 2.24) is 5.43 Å². The van der Waals surface area contributed by atoms with Gasteiger partial charge in [0.15, 0.2) is 0 Å². The molecule has 0 atom stereocenters. The molecule has 0 fully saturated rings. The van der Waals surface area contributed by atoms with Gasteiger partial charge >= 0.3 is 0 Å². The largest absolute Gasteiger partial charge is 0.271 e. The average molecular weight is 400 g/mol. The smallest absolute Gasteiger partial charge is 0.267 e. The molecule has 0 aromatic heterocycles. The molecule has 0 heterocycles. The number of benzene rings is 3. The van der Waals surface area contributed by atoms with Crippen LogP contribution in [0, 0.1) is 3.57 Å². The molecule has 0 aliphatic rings. The molecule has 0 aliphatic heterocycles. The fraction of sp³-hybridized carbons (Fsp3) is 0. The molecule has 108 valence electrons. The minimum absolute atomic E-state index is 0.210. The second-order valence-corrected chi connectivity index (χ2v) is 6.03. The Morgan fingerprint density at radius 2 is 1.77 bits per heavy atom. The Hall–Kier alpha value is -2.21. The highest BCUT2D eigenvalue weighted by Crippen LogP contribution is 2.18. The van der Waals surface area contributed by atoms with Crippen molar-refractivity contribution in [2.45, 2.75) is 0 Å². The predicted molar refractivity (Wildman–Crippen MR) is 98.2 cm³/mol. The topological polar surface area (TPSA) is 41.5 Å². The van der Waals surface area contributed by atoms with Crippen LogP contribution in [0.3, 0.4) is 0 Å². The lowest BCUT2D eigenvalue weighted by molar-refractivity contribution is 0.0957. The molecule has 0 spiro atoms. The number of hydrogen-bond donors (Lipinski definition) is 1. The maximum atomic E-state index is 12.3. The Balaban J connectivity index is 1.79. The number of hydrogen-bond acceptors (Lipinski definition) is 2. The lowest BCUT2D eigenvalue weighted by Gasteiger charge is -2.04. The molecule has 0 radical (unpaired) electrons. The first-order chi connectivity index (χ1) is 10.7. The zero-order chi connectivity index (χ0) is 15.4. The molecule has 0 saturated heterocycles. The van der Waals surface area contributed by atoms with Crippen molar-refractivity contribution in [2.75, 3.05) is 0 Å². The lowest BCUT2D eigenvalue weighted by Crippen LogP contribution is -2.17. The van der Waals surface area contributed by atoms with Gasteiger partial charge in [-0.05, 0) is 57.1 Å². The molecular formula is C18H13IN2O. The van der Waals surface area contributed by atoms with Crippen LogP contribution in [0.25, 0.3) is 10.8 Å². The first-order valence-electron chi connectivity index (χ1n) is 6.81. The monoisotopic (exact) mass is 400 g/mol. The molecule has 3 rings (SSSR count). The quantitative estimate of drug-likeness (QED) is 0.400. The van der Waals surface area contributed by atoms with Crippen LogP contribution in [0.4, 0.5) is 0 Å². The van der Waals surface area contributed by atoms with Crippen LogP contribution in [-0.4, -0.2) is 12.1 Å². The van der Waals surface area contributed by atoms with Crippen molar-refractivity contribution in [2.24, 2.45) is 5.10 Å². The molecule has 4 heteroatoms. The van der Waals surface area contributed by atoms with Crippen LogP contribution in [0.1, 0.15) is 15.9 Å². The summed E-state index contributed by atoms with van der Waals surface area (Å²) in [5.74, 6) is -0.210. The number of rotatable bonds is 3. The third-order valence-electron chi connectivity index (χ3n) is 3.26. The van der Waals surface area contributed by atoms with Crippen LogP contribution in [0.15, 0.2) is 71.8 Å². The Morgan fingerprint density at radius 1 is 1.00 bits per heavy atom. The van der Waals surface area contributed by atoms with Gasteiger partial charge in [0, 0.05) is 9.13 Å². The summed E-state index contributed by atoms with van der Waals surface area (Å²) >= 11 is 2.24. The number of fused-ring (bicyclic) bond motifs is 1. The number of amides is 1. The normalized spacial score (nSPS) is 11.0. The Morgan fingerprint density at radius 3 is 2.64 bits per heavy atom. The molecule has 0 unspecified atom stereocenters. The van der Waals surface area contributed by atoms with E-state index in [2.05, 4.69) is 33.1 Å². The zero-order valence-corrected chi connectivity index (χ0v) is 13.8. The van der Waals surface area contributed by atoms with E-state index in [1.165, 1.54) is 0 Å². The molecule has 22 heavy (non-hydrogen) atoms. The summed E-state index contributed by atoms with van der Waals surface area (Å²) in [6.45, 7) is 0. The van der Waals surface area contributed by atoms with Gasteiger partial charge < -0.3 is 0 Å². The summed E-state index contributed by atoms with van der Waals surface area (Å²) in [7, 11) is 0. The van der Waals surface area contributed by atoms with E-state index in [0.717, 1.165) is 19.9 Å². The van der Waals surface area contributed by atoms with Crippen molar-refractivity contribution < 1.29 is 4.79 Å². The lowest BCUT2D eigenvalue weighted by atomic mass is 10.0. The van der Waals surface area contributed by atoms with Gasteiger partial charge in [-0.2, -0.15) is 5.10 Å². The Kier molecular flexibility index (Phi) is 4.48. The summed E-state index contributed by atoms with van der Waals surface area (Å²) in [6, 6.07) is 21.4. The highest BCUT2D eigenvalue weighted by Gasteiger charge is 2.08. The Labute approximate surface area is 142 Å². The second kappa shape index (κ2) is 6.70. The molecule has 1 amide bonds. The average Bonchev–Trinajstić information content (AvgIpc) is 2.54.